The van der Waals surface area contributed by atoms with Crippen LogP contribution >= 0.6 is 0 Å². The largest absolute Gasteiger partial charge is 0.0587 e. The molecule has 20 heavy (non-hydrogen) atoms. The summed E-state index contributed by atoms with van der Waals surface area (Å²) in [6.45, 7) is 9.07. The van der Waals surface area contributed by atoms with Gasteiger partial charge in [0.05, 0.1) is 0 Å². The van der Waals surface area contributed by atoms with Gasteiger partial charge in [-0.15, -0.1) is 0 Å². The van der Waals surface area contributed by atoms with Gasteiger partial charge in [0.15, 0.2) is 0 Å². The smallest absolute Gasteiger partial charge is 0.0184 e. The molecule has 0 spiro atoms. The van der Waals surface area contributed by atoms with E-state index in [0.29, 0.717) is 0 Å². The molecule has 0 aliphatic heterocycles. The van der Waals surface area contributed by atoms with Crippen molar-refractivity contribution < 1.29 is 0 Å². The molecule has 0 N–H and O–H groups in total. The van der Waals surface area contributed by atoms with Crippen LogP contribution in [-0.4, -0.2) is 19.8 Å². The van der Waals surface area contributed by atoms with Crippen molar-refractivity contribution in [1.29, 1.82) is 0 Å². The van der Waals surface area contributed by atoms with Crippen LogP contribution in [0, 0.1) is 13.0 Å². The summed E-state index contributed by atoms with van der Waals surface area (Å²) in [5.41, 5.74) is 1.29. The van der Waals surface area contributed by atoms with E-state index < -0.39 is 19.8 Å². The van der Waals surface area contributed by atoms with Crippen molar-refractivity contribution in [3.05, 3.63) is 35.9 Å². The van der Waals surface area contributed by atoms with E-state index >= 15 is 0 Å². The first kappa shape index (κ1) is 20.0. The van der Waals surface area contributed by atoms with Gasteiger partial charge in [0.25, 0.3) is 0 Å². The van der Waals surface area contributed by atoms with E-state index in [1.807, 2.05) is 24.3 Å². The Labute approximate surface area is 135 Å². The molecule has 1 aromatic rings. The fourth-order valence-corrected chi connectivity index (χ4v) is 13.3. The van der Waals surface area contributed by atoms with Gasteiger partial charge >= 0.3 is 92.4 Å². The van der Waals surface area contributed by atoms with Crippen LogP contribution in [0.5, 0.6) is 0 Å². The Kier molecular flexibility index (Phi) is 15.4. The van der Waals surface area contributed by atoms with Crippen molar-refractivity contribution >= 4 is 19.8 Å². The molecule has 0 heterocycles. The molecule has 0 unspecified atom stereocenters. The molecule has 1 aromatic carbocycles. The van der Waals surface area contributed by atoms with E-state index in [-0.39, 0.29) is 0 Å². The first-order valence-electron chi connectivity index (χ1n) is 8.67. The molecule has 0 saturated carbocycles. The van der Waals surface area contributed by atoms with Gasteiger partial charge in [-0.1, -0.05) is 29.8 Å². The van der Waals surface area contributed by atoms with Crippen LogP contribution in [0.15, 0.2) is 24.3 Å². The summed E-state index contributed by atoms with van der Waals surface area (Å²) in [5.74, 6) is 0. The van der Waals surface area contributed by atoms with Crippen molar-refractivity contribution in [2.24, 2.45) is 0 Å². The van der Waals surface area contributed by atoms with E-state index in [1.54, 1.807) is 13.3 Å². The predicted octanol–water partition coefficient (Wildman–Crippen LogP) is 6.41. The quantitative estimate of drug-likeness (QED) is 0.433. The summed E-state index contributed by atoms with van der Waals surface area (Å²) in [7, 11) is 0. The average Bonchev–Trinajstić information content (AvgIpc) is 2.48. The van der Waals surface area contributed by atoms with Crippen LogP contribution < -0.4 is 0 Å². The first-order valence-corrected chi connectivity index (χ1v) is 15.7. The average molecular weight is 382 g/mol. The third kappa shape index (κ3) is 13.0. The molecule has 1 radical (unpaired) electrons. The van der Waals surface area contributed by atoms with Crippen molar-refractivity contribution in [2.75, 3.05) is 0 Å². The number of hydrogen-bond acceptors (Lipinski definition) is 0. The summed E-state index contributed by atoms with van der Waals surface area (Å²) < 4.78 is 5.08. The standard InChI is InChI=1S/C7H7.3C4H9.Sn.H/c1-7-5-3-2-4-6-7;3*1-3-4-2;;/h3-6H,1H3;3*1,3-4H2,2H3;;. The minimum absolute atomic E-state index is 0.967. The van der Waals surface area contributed by atoms with Crippen molar-refractivity contribution in [3.8, 4) is 0 Å². The second-order valence-electron chi connectivity index (χ2n) is 5.87. The molecule has 0 aromatic heterocycles. The fourth-order valence-electron chi connectivity index (χ4n) is 2.38. The van der Waals surface area contributed by atoms with E-state index in [4.69, 9.17) is 0 Å². The van der Waals surface area contributed by atoms with Gasteiger partial charge in [-0.25, -0.2) is 0 Å². The molecule has 115 valence electrons. The second kappa shape index (κ2) is 15.4. The summed E-state index contributed by atoms with van der Waals surface area (Å²) in [6, 6.07) is 10.8. The van der Waals surface area contributed by atoms with Gasteiger partial charge in [0.1, 0.15) is 0 Å². The van der Waals surface area contributed by atoms with Gasteiger partial charge in [-0.3, -0.25) is 0 Å². The maximum absolute atomic E-state index is 2.93. The Bertz CT molecular complexity index is 262. The molecular formula is C19H35Sn. The maximum Gasteiger partial charge on any atom is -0.0184 e. The van der Waals surface area contributed by atoms with Crippen LogP contribution in [-0.2, 0) is 0 Å². The zero-order valence-corrected chi connectivity index (χ0v) is 17.5. The maximum atomic E-state index is 2.93. The summed E-state index contributed by atoms with van der Waals surface area (Å²) >= 11 is -0.967. The minimum Gasteiger partial charge on any atom is -0.0587 e. The fraction of sp³-hybridized carbons (Fsp3) is 0.684. The Morgan fingerprint density at radius 1 is 0.800 bits per heavy atom. The third-order valence-corrected chi connectivity index (χ3v) is 14.3. The molecule has 0 bridgehead atoms. The molecule has 0 saturated heterocycles. The van der Waals surface area contributed by atoms with E-state index in [2.05, 4.69) is 33.8 Å². The summed E-state index contributed by atoms with van der Waals surface area (Å²) in [4.78, 5) is 0. The van der Waals surface area contributed by atoms with Gasteiger partial charge in [0.2, 0.25) is 0 Å². The predicted molar refractivity (Wildman–Crippen MR) is 96.3 cm³/mol. The zero-order valence-electron chi connectivity index (χ0n) is 14.3. The Morgan fingerprint density at radius 2 is 1.20 bits per heavy atom. The third-order valence-electron chi connectivity index (χ3n) is 3.78. The van der Waals surface area contributed by atoms with Gasteiger partial charge in [-0.2, -0.15) is 0 Å². The first-order chi connectivity index (χ1) is 9.74. The van der Waals surface area contributed by atoms with Crippen LogP contribution in [0.4, 0.5) is 0 Å². The van der Waals surface area contributed by atoms with Crippen molar-refractivity contribution in [1.82, 2.24) is 0 Å². The Balaban J connectivity index is 0.000000428. The van der Waals surface area contributed by atoms with E-state index in [0.717, 1.165) is 0 Å². The van der Waals surface area contributed by atoms with Crippen LogP contribution in [0.1, 0.15) is 64.9 Å². The molecule has 1 heteroatoms. The SMILES string of the molecule is CCC[CH2][SnH]([CH2]CCC)[CH2]CCC.Cc1cc[c]cc1. The monoisotopic (exact) mass is 383 g/mol. The second-order valence-corrected chi connectivity index (χ2v) is 15.8. The number of unbranched alkanes of at least 4 members (excludes halogenated alkanes) is 3. The van der Waals surface area contributed by atoms with Gasteiger partial charge in [-0.05, 0) is 13.0 Å². The minimum atomic E-state index is -0.967. The number of rotatable bonds is 9. The molecule has 0 nitrogen and oxygen atoms in total. The van der Waals surface area contributed by atoms with Crippen LogP contribution in [0.25, 0.3) is 0 Å². The number of benzene rings is 1. The van der Waals surface area contributed by atoms with Gasteiger partial charge in [0, 0.05) is 0 Å². The number of hydrogen-bond donors (Lipinski definition) is 0. The van der Waals surface area contributed by atoms with Crippen LogP contribution in [0.2, 0.25) is 13.3 Å². The van der Waals surface area contributed by atoms with E-state index in [9.17, 15) is 0 Å². The molecule has 1 rings (SSSR count). The molecule has 0 fully saturated rings. The van der Waals surface area contributed by atoms with Crippen molar-refractivity contribution in [3.63, 3.8) is 0 Å². The number of aryl methyl sites for hydroxylation is 1. The topological polar surface area (TPSA) is 0 Å². The van der Waals surface area contributed by atoms with Gasteiger partial charge < -0.3 is 0 Å². The Morgan fingerprint density at radius 3 is 1.45 bits per heavy atom. The molecule has 0 amide bonds. The molecule has 0 aliphatic carbocycles. The Hall–Kier alpha value is 0.0187. The zero-order chi connectivity index (χ0) is 15.1. The molecule has 0 aliphatic rings. The molecular weight excluding hydrogens is 347 g/mol. The van der Waals surface area contributed by atoms with Crippen LogP contribution in [0.3, 0.4) is 0 Å². The van der Waals surface area contributed by atoms with E-state index in [1.165, 1.54) is 44.1 Å². The molecule has 0 atom stereocenters. The normalized spacial score (nSPS) is 10.2. The summed E-state index contributed by atoms with van der Waals surface area (Å²) in [6.07, 6.45) is 8.87. The van der Waals surface area contributed by atoms with Crippen molar-refractivity contribution in [2.45, 2.75) is 79.5 Å². The summed E-state index contributed by atoms with van der Waals surface area (Å²) in [5, 5.41) is 0.